The Hall–Kier alpha value is -7.98. The molecule has 0 N–H and O–H groups in total. The molecule has 2 atom stereocenters. The zero-order valence-corrected chi connectivity index (χ0v) is 45.8. The predicted octanol–water partition coefficient (Wildman–Crippen LogP) is 16.3. The second-order valence-corrected chi connectivity index (χ2v) is 22.3. The summed E-state index contributed by atoms with van der Waals surface area (Å²) in [6, 6.07) is 56.6. The van der Waals surface area contributed by atoms with Crippen LogP contribution in [0.5, 0.6) is 0 Å². The molecule has 2 aromatic heterocycles. The van der Waals surface area contributed by atoms with E-state index < -0.39 is 0 Å². The Kier molecular flexibility index (Phi) is 13.4. The first-order valence-electron chi connectivity index (χ1n) is 27.2. The van der Waals surface area contributed by atoms with Crippen molar-refractivity contribution in [1.29, 1.82) is 0 Å². The summed E-state index contributed by atoms with van der Waals surface area (Å²) in [6.45, 7) is 26.0. The Bertz CT molecular complexity index is 3310. The van der Waals surface area contributed by atoms with Gasteiger partial charge in [-0.1, -0.05) is 102 Å². The number of fused-ring (bicyclic) bond motifs is 2. The van der Waals surface area contributed by atoms with Crippen LogP contribution in [-0.4, -0.2) is 47.6 Å². The van der Waals surface area contributed by atoms with Crippen molar-refractivity contribution in [2.45, 2.75) is 105 Å². The minimum atomic E-state index is 0.00315. The molecule has 0 amide bonds. The van der Waals surface area contributed by atoms with Crippen molar-refractivity contribution in [2.75, 3.05) is 46.0 Å². The Labute approximate surface area is 448 Å². The zero-order valence-electron chi connectivity index (χ0n) is 45.8. The van der Waals surface area contributed by atoms with Crippen LogP contribution < -0.4 is 19.8 Å². The van der Waals surface area contributed by atoms with Crippen molar-refractivity contribution in [1.82, 2.24) is 9.97 Å². The first-order valence-corrected chi connectivity index (χ1v) is 27.2. The number of aromatic nitrogens is 2. The molecule has 2 unspecified atom stereocenters. The van der Waals surface area contributed by atoms with Gasteiger partial charge in [0.1, 0.15) is 11.0 Å². The third-order valence-electron chi connectivity index (χ3n) is 15.4. The molecule has 0 fully saturated rings. The quantitative estimate of drug-likeness (QED) is 0.106. The van der Waals surface area contributed by atoms with Crippen LogP contribution in [0.15, 0.2) is 177 Å². The summed E-state index contributed by atoms with van der Waals surface area (Å²) in [7, 11) is 0. The van der Waals surface area contributed by atoms with E-state index in [0.717, 1.165) is 106 Å². The summed E-state index contributed by atoms with van der Waals surface area (Å²) < 4.78 is 12.6. The van der Waals surface area contributed by atoms with Crippen LogP contribution in [0.4, 0.5) is 22.7 Å². The summed E-state index contributed by atoms with van der Waals surface area (Å²) in [5.74, 6) is 1.22. The van der Waals surface area contributed by atoms with E-state index in [1.54, 1.807) is 0 Å². The van der Waals surface area contributed by atoms with Gasteiger partial charge in [0.2, 0.25) is 11.8 Å². The van der Waals surface area contributed by atoms with Crippen molar-refractivity contribution >= 4 is 56.4 Å². The SMILES string of the molecule is CCN(CC)c1ccc(C2CC(c3ccc(C4=NN(c5ccc(-c6nc7cc(C(C)(C)C)ccc7o6)cc5)C(c5ccc(N(CC)CC)cc5)C4)cc3)=NN2c2ccc(-c3nc4cc(C(C)(C)C)ccc4o3)cc2)cc1. The fraction of sp³-hybridized carbons (Fsp3) is 0.303. The number of hydrogen-bond donors (Lipinski definition) is 0. The van der Waals surface area contributed by atoms with Crippen LogP contribution in [0.1, 0.15) is 128 Å². The average molecular weight is 1010 g/mol. The van der Waals surface area contributed by atoms with Gasteiger partial charge in [-0.3, -0.25) is 10.0 Å². The van der Waals surface area contributed by atoms with E-state index in [0.29, 0.717) is 11.8 Å². The standard InChI is InChI=1S/C66H70N8O2/c1-11-71(12-2)51-29-19-45(20-30-51)59-41-55(69-73(59)53-33-23-47(24-34-53)63-67-57-39-49(65(5,6)7)27-37-61(57)75-63)43-15-17-44(18-16-43)56-42-60(46-21-31-52(32-22-46)72(13-3)14-4)74(70-56)54-35-25-48(26-36-54)64-68-58-40-50(66(8,9)10)28-38-62(58)76-64/h15-40,59-60H,11-14,41-42H2,1-10H3. The maximum absolute atomic E-state index is 6.29. The summed E-state index contributed by atoms with van der Waals surface area (Å²) in [5.41, 5.74) is 18.9. The van der Waals surface area contributed by atoms with Gasteiger partial charge in [0.25, 0.3) is 0 Å². The van der Waals surface area contributed by atoms with Crippen molar-refractivity contribution in [3.05, 3.63) is 191 Å². The monoisotopic (exact) mass is 1010 g/mol. The molecular weight excluding hydrogens is 937 g/mol. The molecule has 0 bridgehead atoms. The van der Waals surface area contributed by atoms with E-state index in [1.165, 1.54) is 33.6 Å². The highest BCUT2D eigenvalue weighted by atomic mass is 16.4. The molecule has 4 heterocycles. The fourth-order valence-corrected chi connectivity index (χ4v) is 10.8. The molecule has 11 rings (SSSR count). The summed E-state index contributed by atoms with van der Waals surface area (Å²) in [5, 5.41) is 15.2. The van der Waals surface area contributed by atoms with E-state index >= 15 is 0 Å². The highest BCUT2D eigenvalue weighted by molar-refractivity contribution is 6.06. The number of nitrogens with zero attached hydrogens (tertiary/aromatic N) is 8. The number of benzene rings is 7. The van der Waals surface area contributed by atoms with Gasteiger partial charge < -0.3 is 18.6 Å². The lowest BCUT2D eigenvalue weighted by molar-refractivity contribution is 0.589. The number of anilines is 4. The second kappa shape index (κ2) is 20.3. The van der Waals surface area contributed by atoms with E-state index in [9.17, 15) is 0 Å². The van der Waals surface area contributed by atoms with Gasteiger partial charge in [-0.05, 0) is 169 Å². The fourth-order valence-electron chi connectivity index (χ4n) is 10.8. The molecule has 7 aromatic carbocycles. The van der Waals surface area contributed by atoms with Crippen LogP contribution in [0, 0.1) is 0 Å². The molecule has 386 valence electrons. The smallest absolute Gasteiger partial charge is 0.227 e. The highest BCUT2D eigenvalue weighted by Crippen LogP contribution is 2.41. The molecule has 10 heteroatoms. The average Bonchev–Trinajstić information content (AvgIpc) is 4.28. The van der Waals surface area contributed by atoms with E-state index in [-0.39, 0.29) is 22.9 Å². The topological polar surface area (TPSA) is 89.7 Å². The molecule has 0 radical (unpaired) electrons. The van der Waals surface area contributed by atoms with Gasteiger partial charge in [-0.15, -0.1) is 0 Å². The van der Waals surface area contributed by atoms with Gasteiger partial charge in [-0.25, -0.2) is 9.97 Å². The van der Waals surface area contributed by atoms with Gasteiger partial charge in [0.05, 0.1) is 34.9 Å². The van der Waals surface area contributed by atoms with Gasteiger partial charge in [0, 0.05) is 61.5 Å². The summed E-state index contributed by atoms with van der Waals surface area (Å²) >= 11 is 0. The highest BCUT2D eigenvalue weighted by Gasteiger charge is 2.33. The Balaban J connectivity index is 0.887. The minimum absolute atomic E-state index is 0.00315. The first kappa shape index (κ1) is 50.2. The van der Waals surface area contributed by atoms with E-state index in [2.05, 4.69) is 235 Å². The normalized spacial score (nSPS) is 16.0. The van der Waals surface area contributed by atoms with Crippen LogP contribution in [0.25, 0.3) is 45.1 Å². The maximum Gasteiger partial charge on any atom is 0.227 e. The van der Waals surface area contributed by atoms with Crippen molar-refractivity contribution in [3.8, 4) is 22.9 Å². The van der Waals surface area contributed by atoms with Crippen molar-refractivity contribution < 1.29 is 8.83 Å². The molecule has 0 saturated heterocycles. The molecular formula is C66H70N8O2. The Morgan fingerprint density at radius 2 is 0.776 bits per heavy atom. The number of hydrogen-bond acceptors (Lipinski definition) is 10. The third kappa shape index (κ3) is 9.89. The summed E-state index contributed by atoms with van der Waals surface area (Å²) in [6.07, 6.45) is 1.51. The maximum atomic E-state index is 6.29. The van der Waals surface area contributed by atoms with Crippen LogP contribution in [0.3, 0.4) is 0 Å². The van der Waals surface area contributed by atoms with E-state index in [1.807, 2.05) is 12.1 Å². The summed E-state index contributed by atoms with van der Waals surface area (Å²) in [4.78, 5) is 14.6. The molecule has 2 aliphatic rings. The lowest BCUT2D eigenvalue weighted by Gasteiger charge is -2.26. The van der Waals surface area contributed by atoms with Gasteiger partial charge in [-0.2, -0.15) is 10.2 Å². The number of oxazole rings is 2. The third-order valence-corrected chi connectivity index (χ3v) is 15.4. The van der Waals surface area contributed by atoms with E-state index in [4.69, 9.17) is 29.0 Å². The second-order valence-electron chi connectivity index (χ2n) is 22.3. The minimum Gasteiger partial charge on any atom is -0.436 e. The molecule has 0 aliphatic carbocycles. The Morgan fingerprint density at radius 3 is 1.11 bits per heavy atom. The van der Waals surface area contributed by atoms with Crippen LogP contribution in [-0.2, 0) is 10.8 Å². The van der Waals surface area contributed by atoms with Crippen molar-refractivity contribution in [3.63, 3.8) is 0 Å². The number of hydrazone groups is 2. The number of rotatable bonds is 14. The first-order chi connectivity index (χ1) is 36.7. The predicted molar refractivity (Wildman–Crippen MR) is 315 cm³/mol. The zero-order chi connectivity index (χ0) is 52.9. The molecule has 0 spiro atoms. The van der Waals surface area contributed by atoms with Crippen LogP contribution in [0.2, 0.25) is 0 Å². The molecule has 76 heavy (non-hydrogen) atoms. The lowest BCUT2D eigenvalue weighted by atomic mass is 9.87. The molecule has 9 aromatic rings. The van der Waals surface area contributed by atoms with Gasteiger partial charge in [0.15, 0.2) is 11.2 Å². The van der Waals surface area contributed by atoms with Crippen molar-refractivity contribution in [2.24, 2.45) is 10.2 Å². The Morgan fingerprint density at radius 1 is 0.434 bits per heavy atom. The molecule has 2 aliphatic heterocycles. The van der Waals surface area contributed by atoms with Crippen LogP contribution >= 0.6 is 0 Å². The molecule has 10 nitrogen and oxygen atoms in total. The largest absolute Gasteiger partial charge is 0.436 e. The van der Waals surface area contributed by atoms with Gasteiger partial charge >= 0.3 is 0 Å². The molecule has 0 saturated carbocycles. The lowest BCUT2D eigenvalue weighted by Crippen LogP contribution is -2.22.